The molecule has 0 radical (unpaired) electrons. The summed E-state index contributed by atoms with van der Waals surface area (Å²) in [7, 11) is 0. The first-order valence-corrected chi connectivity index (χ1v) is 6.16. The molecule has 1 heterocycles. The van der Waals surface area contributed by atoms with Crippen molar-refractivity contribution in [2.45, 2.75) is 32.2 Å². The molecule has 1 aromatic rings. The maximum absolute atomic E-state index is 12.3. The second-order valence-corrected chi connectivity index (χ2v) is 4.56. The predicted molar refractivity (Wildman–Crippen MR) is 66.7 cm³/mol. The van der Waals surface area contributed by atoms with Gasteiger partial charge in [0.1, 0.15) is 0 Å². The average Bonchev–Trinajstić information content (AvgIpc) is 2.26. The Balaban J connectivity index is 2.12. The van der Waals surface area contributed by atoms with Gasteiger partial charge in [-0.2, -0.15) is 0 Å². The number of rotatable bonds is 4. The van der Waals surface area contributed by atoms with Gasteiger partial charge in [-0.1, -0.05) is 0 Å². The van der Waals surface area contributed by atoms with E-state index < -0.39 is 0 Å². The first-order chi connectivity index (χ1) is 8.22. The summed E-state index contributed by atoms with van der Waals surface area (Å²) in [6.07, 6.45) is 5.07. The lowest BCUT2D eigenvalue weighted by molar-refractivity contribution is 0.0588. The summed E-state index contributed by atoms with van der Waals surface area (Å²) in [6, 6.07) is 4.09. The number of nitrogens with two attached hydrogens (primary N) is 1. The summed E-state index contributed by atoms with van der Waals surface area (Å²) >= 11 is 0. The molecule has 1 saturated carbocycles. The average molecular weight is 233 g/mol. The van der Waals surface area contributed by atoms with Crippen LogP contribution in [-0.4, -0.2) is 34.9 Å². The van der Waals surface area contributed by atoms with Gasteiger partial charge in [-0.25, -0.2) is 0 Å². The minimum Gasteiger partial charge on any atom is -0.334 e. The summed E-state index contributed by atoms with van der Waals surface area (Å²) in [5.41, 5.74) is 7.17. The van der Waals surface area contributed by atoms with Crippen LogP contribution in [0, 0.1) is 6.92 Å². The minimum absolute atomic E-state index is 0.0626. The topological polar surface area (TPSA) is 59.2 Å². The second-order valence-electron chi connectivity index (χ2n) is 4.56. The number of carbonyl (C=O) groups is 1. The van der Waals surface area contributed by atoms with E-state index in [4.69, 9.17) is 5.73 Å². The molecular weight excluding hydrogens is 214 g/mol. The van der Waals surface area contributed by atoms with Crippen molar-refractivity contribution >= 4 is 5.91 Å². The molecule has 0 aromatic carbocycles. The summed E-state index contributed by atoms with van der Waals surface area (Å²) in [4.78, 5) is 18.4. The van der Waals surface area contributed by atoms with E-state index >= 15 is 0 Å². The molecule has 2 rings (SSSR count). The van der Waals surface area contributed by atoms with Crippen LogP contribution in [0.4, 0.5) is 0 Å². The number of nitrogens with zero attached hydrogens (tertiary/aromatic N) is 2. The van der Waals surface area contributed by atoms with E-state index in [9.17, 15) is 4.79 Å². The van der Waals surface area contributed by atoms with Gasteiger partial charge in [0.05, 0.1) is 5.56 Å². The number of aryl methyl sites for hydroxylation is 1. The lowest BCUT2D eigenvalue weighted by atomic mass is 9.91. The molecular formula is C13H19N3O. The Hall–Kier alpha value is -1.42. The third-order valence-electron chi connectivity index (χ3n) is 3.30. The third kappa shape index (κ3) is 2.64. The van der Waals surface area contributed by atoms with Gasteiger partial charge in [-0.3, -0.25) is 9.78 Å². The van der Waals surface area contributed by atoms with E-state index in [1.165, 1.54) is 6.42 Å². The van der Waals surface area contributed by atoms with Crippen molar-refractivity contribution in [3.63, 3.8) is 0 Å². The van der Waals surface area contributed by atoms with Crippen molar-refractivity contribution in [3.8, 4) is 0 Å². The summed E-state index contributed by atoms with van der Waals surface area (Å²) in [6.45, 7) is 3.07. The van der Waals surface area contributed by atoms with E-state index in [2.05, 4.69) is 4.98 Å². The molecule has 17 heavy (non-hydrogen) atoms. The van der Waals surface area contributed by atoms with Gasteiger partial charge in [0.25, 0.3) is 5.91 Å². The Morgan fingerprint density at radius 2 is 2.29 bits per heavy atom. The van der Waals surface area contributed by atoms with E-state index in [1.54, 1.807) is 6.20 Å². The molecule has 0 bridgehead atoms. The summed E-state index contributed by atoms with van der Waals surface area (Å²) < 4.78 is 0. The SMILES string of the molecule is Cc1ccc(C(=O)N(CCN)C2CCC2)cn1. The van der Waals surface area contributed by atoms with Crippen LogP contribution >= 0.6 is 0 Å². The van der Waals surface area contributed by atoms with Crippen LogP contribution in [0.15, 0.2) is 18.3 Å². The molecule has 1 fully saturated rings. The first kappa shape index (κ1) is 12.0. The number of hydrogen-bond donors (Lipinski definition) is 1. The van der Waals surface area contributed by atoms with Gasteiger partial charge >= 0.3 is 0 Å². The van der Waals surface area contributed by atoms with Crippen LogP contribution in [0.2, 0.25) is 0 Å². The van der Waals surface area contributed by atoms with Gasteiger partial charge < -0.3 is 10.6 Å². The third-order valence-corrected chi connectivity index (χ3v) is 3.30. The number of hydrogen-bond acceptors (Lipinski definition) is 3. The zero-order chi connectivity index (χ0) is 12.3. The van der Waals surface area contributed by atoms with Gasteiger partial charge in [0.2, 0.25) is 0 Å². The van der Waals surface area contributed by atoms with Crippen LogP contribution in [0.25, 0.3) is 0 Å². The number of aromatic nitrogens is 1. The van der Waals surface area contributed by atoms with Crippen LogP contribution in [0.5, 0.6) is 0 Å². The molecule has 1 aliphatic carbocycles. The molecule has 1 aromatic heterocycles. The Kier molecular flexibility index (Phi) is 3.74. The number of pyridine rings is 1. The molecule has 0 saturated heterocycles. The smallest absolute Gasteiger partial charge is 0.255 e. The Morgan fingerprint density at radius 1 is 1.53 bits per heavy atom. The quantitative estimate of drug-likeness (QED) is 0.853. The van der Waals surface area contributed by atoms with Crippen molar-refractivity contribution in [1.29, 1.82) is 0 Å². The molecule has 4 nitrogen and oxygen atoms in total. The van der Waals surface area contributed by atoms with E-state index in [1.807, 2.05) is 24.0 Å². The Bertz CT molecular complexity index is 384. The fourth-order valence-electron chi connectivity index (χ4n) is 2.05. The molecule has 4 heteroatoms. The maximum atomic E-state index is 12.3. The van der Waals surface area contributed by atoms with Crippen molar-refractivity contribution in [2.75, 3.05) is 13.1 Å². The van der Waals surface area contributed by atoms with Gasteiger partial charge in [0, 0.05) is 31.0 Å². The molecule has 1 amide bonds. The standard InChI is InChI=1S/C13H19N3O/c1-10-5-6-11(9-15-10)13(17)16(8-7-14)12-3-2-4-12/h5-6,9,12H,2-4,7-8,14H2,1H3. The normalized spacial score (nSPS) is 15.4. The number of amides is 1. The molecule has 0 aliphatic heterocycles. The molecule has 1 aliphatic rings. The zero-order valence-electron chi connectivity index (χ0n) is 10.2. The van der Waals surface area contributed by atoms with Crippen molar-refractivity contribution in [2.24, 2.45) is 5.73 Å². The summed E-state index contributed by atoms with van der Waals surface area (Å²) in [5, 5.41) is 0. The van der Waals surface area contributed by atoms with Crippen molar-refractivity contribution in [3.05, 3.63) is 29.6 Å². The lowest BCUT2D eigenvalue weighted by Crippen LogP contribution is -2.46. The van der Waals surface area contributed by atoms with E-state index in [0.717, 1.165) is 18.5 Å². The Morgan fingerprint density at radius 3 is 2.76 bits per heavy atom. The van der Waals surface area contributed by atoms with Crippen LogP contribution < -0.4 is 5.73 Å². The fraction of sp³-hybridized carbons (Fsp3) is 0.538. The Labute approximate surface area is 102 Å². The van der Waals surface area contributed by atoms with Gasteiger partial charge in [-0.15, -0.1) is 0 Å². The zero-order valence-corrected chi connectivity index (χ0v) is 10.2. The molecule has 0 spiro atoms. The summed E-state index contributed by atoms with van der Waals surface area (Å²) in [5.74, 6) is 0.0626. The van der Waals surface area contributed by atoms with E-state index in [0.29, 0.717) is 24.7 Å². The molecule has 92 valence electrons. The van der Waals surface area contributed by atoms with Gasteiger partial charge in [-0.05, 0) is 38.3 Å². The highest BCUT2D eigenvalue weighted by molar-refractivity contribution is 5.94. The lowest BCUT2D eigenvalue weighted by Gasteiger charge is -2.37. The largest absolute Gasteiger partial charge is 0.334 e. The highest BCUT2D eigenvalue weighted by Gasteiger charge is 2.28. The highest BCUT2D eigenvalue weighted by atomic mass is 16.2. The maximum Gasteiger partial charge on any atom is 0.255 e. The van der Waals surface area contributed by atoms with Crippen LogP contribution in [0.3, 0.4) is 0 Å². The monoisotopic (exact) mass is 233 g/mol. The highest BCUT2D eigenvalue weighted by Crippen LogP contribution is 2.25. The molecule has 0 atom stereocenters. The number of carbonyl (C=O) groups excluding carboxylic acids is 1. The van der Waals surface area contributed by atoms with Gasteiger partial charge in [0.15, 0.2) is 0 Å². The molecule has 2 N–H and O–H groups in total. The predicted octanol–water partition coefficient (Wildman–Crippen LogP) is 1.34. The van der Waals surface area contributed by atoms with Crippen LogP contribution in [0.1, 0.15) is 35.3 Å². The van der Waals surface area contributed by atoms with Crippen LogP contribution in [-0.2, 0) is 0 Å². The fourth-order valence-corrected chi connectivity index (χ4v) is 2.05. The van der Waals surface area contributed by atoms with E-state index in [-0.39, 0.29) is 5.91 Å². The van der Waals surface area contributed by atoms with Crippen molar-refractivity contribution in [1.82, 2.24) is 9.88 Å². The minimum atomic E-state index is 0.0626. The second kappa shape index (κ2) is 5.27. The molecule has 0 unspecified atom stereocenters. The van der Waals surface area contributed by atoms with Crippen molar-refractivity contribution < 1.29 is 4.79 Å². The first-order valence-electron chi connectivity index (χ1n) is 6.16.